The fraction of sp³-hybridized carbons (Fsp3) is 0.222. The number of carboxylic acids is 1. The number of carboxylic acid groups (broad SMARTS) is 1. The van der Waals surface area contributed by atoms with Crippen molar-refractivity contribution in [2.45, 2.75) is 6.54 Å². The van der Waals surface area contributed by atoms with Crippen LogP contribution in [0.4, 0.5) is 0 Å². The minimum absolute atomic E-state index is 0.0380. The third kappa shape index (κ3) is 3.80. The summed E-state index contributed by atoms with van der Waals surface area (Å²) in [5.74, 6) is -1.15. The first kappa shape index (κ1) is 13.0. The molecule has 0 spiro atoms. The van der Waals surface area contributed by atoms with Crippen LogP contribution in [0.1, 0.15) is 15.9 Å². The molecule has 0 unspecified atom stereocenters. The van der Waals surface area contributed by atoms with E-state index in [1.165, 1.54) is 12.1 Å². The third-order valence-corrected chi connectivity index (χ3v) is 2.80. The molecule has 0 amide bonds. The van der Waals surface area contributed by atoms with Gasteiger partial charge in [0.1, 0.15) is 0 Å². The van der Waals surface area contributed by atoms with Gasteiger partial charge < -0.3 is 5.11 Å². The van der Waals surface area contributed by atoms with E-state index >= 15 is 0 Å². The van der Waals surface area contributed by atoms with E-state index in [0.29, 0.717) is 5.56 Å². The number of sulfonamides is 1. The molecule has 0 bridgehead atoms. The summed E-state index contributed by atoms with van der Waals surface area (Å²) in [5, 5.41) is 8.92. The summed E-state index contributed by atoms with van der Waals surface area (Å²) in [6, 6.07) is 4.32. The molecule has 7 heteroatoms. The number of carbonyl (C=O) groups is 1. The Labute approximate surface area is 98.1 Å². The van der Waals surface area contributed by atoms with Crippen molar-refractivity contribution in [2.24, 2.45) is 0 Å². The van der Waals surface area contributed by atoms with Crippen LogP contribution in [0.2, 0.25) is 5.02 Å². The molecule has 0 aliphatic heterocycles. The highest BCUT2D eigenvalue weighted by Crippen LogP contribution is 2.17. The summed E-state index contributed by atoms with van der Waals surface area (Å²) in [6.45, 7) is 0.0380. The number of halogens is 1. The maximum absolute atomic E-state index is 10.8. The van der Waals surface area contributed by atoms with Gasteiger partial charge in [0.15, 0.2) is 0 Å². The van der Waals surface area contributed by atoms with E-state index in [4.69, 9.17) is 16.7 Å². The number of benzene rings is 1. The van der Waals surface area contributed by atoms with Crippen molar-refractivity contribution in [1.29, 1.82) is 0 Å². The Morgan fingerprint density at radius 2 is 2.12 bits per heavy atom. The van der Waals surface area contributed by atoms with E-state index < -0.39 is 16.0 Å². The number of aromatic carboxylic acids is 1. The van der Waals surface area contributed by atoms with Crippen LogP contribution in [0, 0.1) is 0 Å². The summed E-state index contributed by atoms with van der Waals surface area (Å²) >= 11 is 5.66. The summed E-state index contributed by atoms with van der Waals surface area (Å²) in [7, 11) is -3.30. The largest absolute Gasteiger partial charge is 0.478 e. The highest BCUT2D eigenvalue weighted by molar-refractivity contribution is 7.88. The lowest BCUT2D eigenvalue weighted by Gasteiger charge is -2.05. The minimum Gasteiger partial charge on any atom is -0.478 e. The molecule has 1 aromatic carbocycles. The van der Waals surface area contributed by atoms with Gasteiger partial charge >= 0.3 is 5.97 Å². The zero-order valence-electron chi connectivity index (χ0n) is 8.40. The van der Waals surface area contributed by atoms with E-state index in [1.54, 1.807) is 6.07 Å². The summed E-state index contributed by atoms with van der Waals surface area (Å²) in [6.07, 6.45) is 1.03. The molecule has 2 N–H and O–H groups in total. The molecule has 16 heavy (non-hydrogen) atoms. The van der Waals surface area contributed by atoms with Crippen molar-refractivity contribution in [2.75, 3.05) is 6.26 Å². The van der Waals surface area contributed by atoms with Gasteiger partial charge in [-0.05, 0) is 17.7 Å². The van der Waals surface area contributed by atoms with Gasteiger partial charge in [-0.3, -0.25) is 0 Å². The van der Waals surface area contributed by atoms with Crippen molar-refractivity contribution in [1.82, 2.24) is 4.72 Å². The molecule has 0 heterocycles. The Balaban J connectivity index is 2.91. The second-order valence-corrected chi connectivity index (χ2v) is 5.45. The first-order valence-electron chi connectivity index (χ1n) is 4.26. The Morgan fingerprint density at radius 3 is 2.62 bits per heavy atom. The first-order valence-corrected chi connectivity index (χ1v) is 6.53. The van der Waals surface area contributed by atoms with Crippen LogP contribution >= 0.6 is 11.6 Å². The highest BCUT2D eigenvalue weighted by atomic mass is 35.5. The normalized spacial score (nSPS) is 11.4. The standard InChI is InChI=1S/C9H10ClNO4S/c1-16(14,15)11-5-6-2-3-8(10)7(4-6)9(12)13/h2-4,11H,5H2,1H3,(H,12,13). The Kier molecular flexibility index (Phi) is 3.90. The molecule has 0 aromatic heterocycles. The van der Waals surface area contributed by atoms with E-state index in [1.807, 2.05) is 0 Å². The molecule has 1 rings (SSSR count). The molecule has 0 atom stereocenters. The number of hydrogen-bond donors (Lipinski definition) is 2. The van der Waals surface area contributed by atoms with Crippen molar-refractivity contribution in [3.8, 4) is 0 Å². The zero-order chi connectivity index (χ0) is 12.3. The number of nitrogens with one attached hydrogen (secondary N) is 1. The second-order valence-electron chi connectivity index (χ2n) is 3.21. The van der Waals surface area contributed by atoms with Crippen LogP contribution in [0.3, 0.4) is 0 Å². The molecule has 1 aromatic rings. The molecule has 0 fully saturated rings. The number of hydrogen-bond acceptors (Lipinski definition) is 3. The minimum atomic E-state index is -3.30. The van der Waals surface area contributed by atoms with Gasteiger partial charge in [-0.15, -0.1) is 0 Å². The van der Waals surface area contributed by atoms with Crippen LogP contribution in [0.15, 0.2) is 18.2 Å². The summed E-state index contributed by atoms with van der Waals surface area (Å²) in [5.41, 5.74) is 0.488. The second kappa shape index (κ2) is 4.82. The maximum Gasteiger partial charge on any atom is 0.337 e. The van der Waals surface area contributed by atoms with Gasteiger partial charge in [0, 0.05) is 6.54 Å². The Bertz CT molecular complexity index is 512. The fourth-order valence-corrected chi connectivity index (χ4v) is 1.69. The van der Waals surface area contributed by atoms with E-state index in [9.17, 15) is 13.2 Å². The molecular weight excluding hydrogens is 254 g/mol. The van der Waals surface area contributed by atoms with Crippen LogP contribution in [-0.2, 0) is 16.6 Å². The summed E-state index contributed by atoms with van der Waals surface area (Å²) < 4.78 is 23.9. The van der Waals surface area contributed by atoms with Gasteiger partial charge in [0.2, 0.25) is 10.0 Å². The Morgan fingerprint density at radius 1 is 1.50 bits per heavy atom. The highest BCUT2D eigenvalue weighted by Gasteiger charge is 2.10. The van der Waals surface area contributed by atoms with Gasteiger partial charge in [0.25, 0.3) is 0 Å². The predicted octanol–water partition coefficient (Wildman–Crippen LogP) is 1.09. The van der Waals surface area contributed by atoms with E-state index in [-0.39, 0.29) is 17.1 Å². The predicted molar refractivity (Wildman–Crippen MR) is 60.1 cm³/mol. The molecule has 5 nitrogen and oxygen atoms in total. The monoisotopic (exact) mass is 263 g/mol. The third-order valence-electron chi connectivity index (χ3n) is 1.80. The average Bonchev–Trinajstić information content (AvgIpc) is 2.14. The van der Waals surface area contributed by atoms with Gasteiger partial charge in [0.05, 0.1) is 16.8 Å². The molecule has 0 saturated heterocycles. The molecule has 0 aliphatic rings. The van der Waals surface area contributed by atoms with Crippen molar-refractivity contribution < 1.29 is 18.3 Å². The van der Waals surface area contributed by atoms with Crippen molar-refractivity contribution in [3.05, 3.63) is 34.3 Å². The smallest absolute Gasteiger partial charge is 0.337 e. The van der Waals surface area contributed by atoms with Gasteiger partial charge in [-0.2, -0.15) is 0 Å². The molecule has 0 aliphatic carbocycles. The lowest BCUT2D eigenvalue weighted by molar-refractivity contribution is 0.0697. The van der Waals surface area contributed by atoms with E-state index in [0.717, 1.165) is 6.26 Å². The summed E-state index contributed by atoms with van der Waals surface area (Å²) in [4.78, 5) is 10.8. The average molecular weight is 264 g/mol. The molecule has 0 radical (unpaired) electrons. The fourth-order valence-electron chi connectivity index (χ4n) is 1.06. The van der Waals surface area contributed by atoms with Crippen LogP contribution in [0.5, 0.6) is 0 Å². The Hall–Kier alpha value is -1.11. The topological polar surface area (TPSA) is 83.5 Å². The SMILES string of the molecule is CS(=O)(=O)NCc1ccc(Cl)c(C(=O)O)c1. The van der Waals surface area contributed by atoms with Crippen LogP contribution in [0.25, 0.3) is 0 Å². The lowest BCUT2D eigenvalue weighted by atomic mass is 10.1. The van der Waals surface area contributed by atoms with Gasteiger partial charge in [-0.1, -0.05) is 17.7 Å². The lowest BCUT2D eigenvalue weighted by Crippen LogP contribution is -2.21. The molecule has 88 valence electrons. The first-order chi connectivity index (χ1) is 7.29. The zero-order valence-corrected chi connectivity index (χ0v) is 9.97. The maximum atomic E-state index is 10.8. The number of rotatable bonds is 4. The van der Waals surface area contributed by atoms with Crippen LogP contribution in [-0.4, -0.2) is 25.7 Å². The van der Waals surface area contributed by atoms with Crippen molar-refractivity contribution >= 4 is 27.6 Å². The quantitative estimate of drug-likeness (QED) is 0.852. The molecular formula is C9H10ClNO4S. The van der Waals surface area contributed by atoms with Crippen LogP contribution < -0.4 is 4.72 Å². The van der Waals surface area contributed by atoms with E-state index in [2.05, 4.69) is 4.72 Å². The molecule has 0 saturated carbocycles. The van der Waals surface area contributed by atoms with Crippen molar-refractivity contribution in [3.63, 3.8) is 0 Å². The van der Waals surface area contributed by atoms with Gasteiger partial charge in [-0.25, -0.2) is 17.9 Å².